The van der Waals surface area contributed by atoms with Gasteiger partial charge in [-0.2, -0.15) is 0 Å². The van der Waals surface area contributed by atoms with E-state index in [1.807, 2.05) is 4.57 Å². The zero-order chi connectivity index (χ0) is 19.6. The first-order valence-corrected chi connectivity index (χ1v) is 9.87. The fourth-order valence-corrected chi connectivity index (χ4v) is 4.83. The Labute approximate surface area is 161 Å². The van der Waals surface area contributed by atoms with Crippen molar-refractivity contribution in [1.29, 1.82) is 0 Å². The number of carbonyl (C=O) groups is 2. The number of nitrogens with zero attached hydrogens (tertiary/aromatic N) is 3. The molecule has 1 aromatic carbocycles. The molecule has 0 N–H and O–H groups in total. The van der Waals surface area contributed by atoms with Crippen molar-refractivity contribution in [2.45, 2.75) is 51.2 Å². The fourth-order valence-electron chi connectivity index (χ4n) is 4.83. The molecule has 0 radical (unpaired) electrons. The predicted octanol–water partition coefficient (Wildman–Crippen LogP) is 2.62. The lowest BCUT2D eigenvalue weighted by Crippen LogP contribution is -2.39. The van der Waals surface area contributed by atoms with Crippen molar-refractivity contribution in [2.24, 2.45) is 0 Å². The Morgan fingerprint density at radius 3 is 2.71 bits per heavy atom. The van der Waals surface area contributed by atoms with Gasteiger partial charge in [-0.05, 0) is 31.7 Å². The standard InChI is InChI=1S/C21H22FN3O3/c1-12(27)23-9-15-3-2-6-24(15)20-17(10-23)19-16(7-18(20)22)21(28)13(11-26)8-25(19)14-4-5-14/h7-8,11,14-15H,2-6,9-10H2,1H3. The number of rotatable bonds is 2. The largest absolute Gasteiger partial charge is 0.364 e. The molecule has 1 atom stereocenters. The monoisotopic (exact) mass is 383 g/mol. The van der Waals surface area contributed by atoms with Crippen LogP contribution in [0.15, 0.2) is 17.1 Å². The number of hydrogen-bond acceptors (Lipinski definition) is 4. The number of pyridine rings is 1. The Morgan fingerprint density at radius 2 is 2.04 bits per heavy atom. The van der Waals surface area contributed by atoms with Crippen LogP contribution in [0.5, 0.6) is 0 Å². The van der Waals surface area contributed by atoms with Gasteiger partial charge in [-0.3, -0.25) is 14.4 Å². The third-order valence-electron chi connectivity index (χ3n) is 6.32. The SMILES string of the molecule is CC(=O)N1Cc2c(c(F)cc3c(=O)c(C=O)cn(C4CC4)c23)N2CCCC2C1. The molecule has 146 valence electrons. The van der Waals surface area contributed by atoms with Crippen molar-refractivity contribution in [3.63, 3.8) is 0 Å². The van der Waals surface area contributed by atoms with E-state index < -0.39 is 11.2 Å². The highest BCUT2D eigenvalue weighted by molar-refractivity contribution is 5.92. The molecule has 0 spiro atoms. The third kappa shape index (κ3) is 2.48. The van der Waals surface area contributed by atoms with E-state index in [1.165, 1.54) is 13.0 Å². The smallest absolute Gasteiger partial charge is 0.219 e. The summed E-state index contributed by atoms with van der Waals surface area (Å²) in [7, 11) is 0. The van der Waals surface area contributed by atoms with Crippen LogP contribution in [0.1, 0.15) is 54.6 Å². The second kappa shape index (κ2) is 6.15. The Morgan fingerprint density at radius 1 is 1.25 bits per heavy atom. The van der Waals surface area contributed by atoms with E-state index in [2.05, 4.69) is 4.90 Å². The molecule has 1 unspecified atom stereocenters. The summed E-state index contributed by atoms with van der Waals surface area (Å²) < 4.78 is 17.3. The molecule has 5 rings (SSSR count). The highest BCUT2D eigenvalue weighted by Gasteiger charge is 2.37. The molecular weight excluding hydrogens is 361 g/mol. The second-order valence-corrected chi connectivity index (χ2v) is 8.14. The minimum Gasteiger partial charge on any atom is -0.364 e. The molecule has 3 heterocycles. The Bertz CT molecular complexity index is 1070. The number of amides is 1. The first kappa shape index (κ1) is 17.4. The van der Waals surface area contributed by atoms with Gasteiger partial charge < -0.3 is 14.4 Å². The lowest BCUT2D eigenvalue weighted by Gasteiger charge is -2.27. The summed E-state index contributed by atoms with van der Waals surface area (Å²) in [6.07, 6.45) is 5.95. The zero-order valence-electron chi connectivity index (χ0n) is 15.8. The molecule has 1 aliphatic carbocycles. The average Bonchev–Trinajstić information content (AvgIpc) is 3.44. The van der Waals surface area contributed by atoms with Crippen LogP contribution in [-0.2, 0) is 11.3 Å². The van der Waals surface area contributed by atoms with Gasteiger partial charge in [0, 0.05) is 55.8 Å². The maximum Gasteiger partial charge on any atom is 0.219 e. The van der Waals surface area contributed by atoms with Gasteiger partial charge in [0.15, 0.2) is 11.7 Å². The van der Waals surface area contributed by atoms with Gasteiger partial charge in [-0.25, -0.2) is 4.39 Å². The van der Waals surface area contributed by atoms with Gasteiger partial charge in [-0.15, -0.1) is 0 Å². The lowest BCUT2D eigenvalue weighted by molar-refractivity contribution is -0.129. The van der Waals surface area contributed by atoms with Crippen LogP contribution in [0.2, 0.25) is 0 Å². The minimum atomic E-state index is -0.444. The van der Waals surface area contributed by atoms with Crippen LogP contribution in [-0.4, -0.2) is 40.8 Å². The zero-order valence-corrected chi connectivity index (χ0v) is 15.8. The topological polar surface area (TPSA) is 62.6 Å². The van der Waals surface area contributed by atoms with E-state index in [0.29, 0.717) is 29.6 Å². The average molecular weight is 383 g/mol. The van der Waals surface area contributed by atoms with Gasteiger partial charge in [0.2, 0.25) is 5.91 Å². The van der Waals surface area contributed by atoms with Crippen LogP contribution in [0.25, 0.3) is 10.9 Å². The molecule has 6 nitrogen and oxygen atoms in total. The first-order valence-electron chi connectivity index (χ1n) is 9.87. The number of carbonyl (C=O) groups excluding carboxylic acids is 2. The number of anilines is 1. The van der Waals surface area contributed by atoms with E-state index in [0.717, 1.165) is 32.2 Å². The Hall–Kier alpha value is -2.70. The summed E-state index contributed by atoms with van der Waals surface area (Å²) in [4.78, 5) is 40.3. The van der Waals surface area contributed by atoms with Gasteiger partial charge in [0.25, 0.3) is 0 Å². The van der Waals surface area contributed by atoms with Crippen molar-refractivity contribution >= 4 is 28.8 Å². The maximum atomic E-state index is 15.3. The fraction of sp³-hybridized carbons (Fsp3) is 0.476. The summed E-state index contributed by atoms with van der Waals surface area (Å²) >= 11 is 0. The van der Waals surface area contributed by atoms with Crippen LogP contribution in [0, 0.1) is 5.82 Å². The Balaban J connectivity index is 1.87. The maximum absolute atomic E-state index is 15.3. The van der Waals surface area contributed by atoms with Crippen LogP contribution in [0.3, 0.4) is 0 Å². The van der Waals surface area contributed by atoms with Crippen LogP contribution < -0.4 is 10.3 Å². The van der Waals surface area contributed by atoms with E-state index in [1.54, 1.807) is 11.1 Å². The summed E-state index contributed by atoms with van der Waals surface area (Å²) in [5, 5.41) is 0.230. The van der Waals surface area contributed by atoms with Crippen molar-refractivity contribution in [3.8, 4) is 0 Å². The highest BCUT2D eigenvalue weighted by Crippen LogP contribution is 2.42. The number of hydrogen-bond donors (Lipinski definition) is 0. The normalized spacial score (nSPS) is 21.4. The van der Waals surface area contributed by atoms with Crippen molar-refractivity contribution < 1.29 is 14.0 Å². The number of aromatic nitrogens is 1. The number of benzene rings is 1. The molecule has 2 aromatic rings. The summed E-state index contributed by atoms with van der Waals surface area (Å²) in [5.74, 6) is -0.496. The Kier molecular flexibility index (Phi) is 3.82. The number of aldehydes is 1. The molecule has 1 saturated heterocycles. The predicted molar refractivity (Wildman–Crippen MR) is 103 cm³/mol. The summed E-state index contributed by atoms with van der Waals surface area (Å²) in [6, 6.07) is 1.59. The number of fused-ring (bicyclic) bond motifs is 5. The van der Waals surface area contributed by atoms with Crippen LogP contribution in [0.4, 0.5) is 10.1 Å². The van der Waals surface area contributed by atoms with Gasteiger partial charge >= 0.3 is 0 Å². The third-order valence-corrected chi connectivity index (χ3v) is 6.32. The molecule has 3 aliphatic rings. The highest BCUT2D eigenvalue weighted by atomic mass is 19.1. The summed E-state index contributed by atoms with van der Waals surface area (Å²) in [5.41, 5.74) is 1.49. The molecule has 28 heavy (non-hydrogen) atoms. The molecule has 2 aliphatic heterocycles. The molecule has 1 saturated carbocycles. The van der Waals surface area contributed by atoms with Crippen molar-refractivity contribution in [3.05, 3.63) is 39.4 Å². The van der Waals surface area contributed by atoms with Gasteiger partial charge in [0.05, 0.1) is 16.8 Å². The molecule has 7 heteroatoms. The molecule has 1 amide bonds. The second-order valence-electron chi connectivity index (χ2n) is 8.14. The van der Waals surface area contributed by atoms with Crippen molar-refractivity contribution in [2.75, 3.05) is 18.0 Å². The van der Waals surface area contributed by atoms with Crippen molar-refractivity contribution in [1.82, 2.24) is 9.47 Å². The van der Waals surface area contributed by atoms with E-state index in [9.17, 15) is 14.4 Å². The van der Waals surface area contributed by atoms with E-state index in [-0.39, 0.29) is 35.5 Å². The van der Waals surface area contributed by atoms with Gasteiger partial charge in [0.1, 0.15) is 5.82 Å². The molecule has 0 bridgehead atoms. The lowest BCUT2D eigenvalue weighted by atomic mass is 10.0. The first-order chi connectivity index (χ1) is 13.5. The van der Waals surface area contributed by atoms with Crippen LogP contribution >= 0.6 is 0 Å². The molecule has 1 aromatic heterocycles. The summed E-state index contributed by atoms with van der Waals surface area (Å²) in [6.45, 7) is 3.11. The van der Waals surface area contributed by atoms with E-state index in [4.69, 9.17) is 0 Å². The minimum absolute atomic E-state index is 0.0508. The molecule has 2 fully saturated rings. The number of halogens is 1. The van der Waals surface area contributed by atoms with Gasteiger partial charge in [-0.1, -0.05) is 0 Å². The quantitative estimate of drug-likeness (QED) is 0.748. The van der Waals surface area contributed by atoms with E-state index >= 15 is 4.39 Å². The molecular formula is C21H22FN3O3.